The Bertz CT molecular complexity index is 414. The van der Waals surface area contributed by atoms with Crippen molar-refractivity contribution in [1.29, 1.82) is 0 Å². The van der Waals surface area contributed by atoms with Crippen molar-refractivity contribution in [1.82, 2.24) is 5.32 Å². The van der Waals surface area contributed by atoms with Crippen LogP contribution >= 0.6 is 0 Å². The summed E-state index contributed by atoms with van der Waals surface area (Å²) in [5, 5.41) is 4.47. The maximum atomic E-state index is 5.25. The van der Waals surface area contributed by atoms with Gasteiger partial charge in [-0.15, -0.1) is 0 Å². The van der Waals surface area contributed by atoms with E-state index in [4.69, 9.17) is 4.42 Å². The van der Waals surface area contributed by atoms with Crippen LogP contribution in [0.5, 0.6) is 0 Å². The summed E-state index contributed by atoms with van der Waals surface area (Å²) in [6, 6.07) is 8.93. The molecule has 1 atom stereocenters. The highest BCUT2D eigenvalue weighted by Crippen LogP contribution is 2.25. The lowest BCUT2D eigenvalue weighted by molar-refractivity contribution is 0.616. The second-order valence-electron chi connectivity index (χ2n) is 3.18. The highest BCUT2D eigenvalue weighted by Gasteiger charge is 2.22. The largest absolute Gasteiger partial charge is 0.464 e. The molecular formula is C10H9NO. The molecule has 12 heavy (non-hydrogen) atoms. The molecule has 3 rings (SSSR count). The average Bonchev–Trinajstić information content (AvgIpc) is 2.84. The number of rotatable bonds is 1. The molecule has 0 unspecified atom stereocenters. The Morgan fingerprint density at radius 1 is 1.33 bits per heavy atom. The Kier molecular flexibility index (Phi) is 1.10. The van der Waals surface area contributed by atoms with Gasteiger partial charge in [0, 0.05) is 18.0 Å². The number of hydrogen-bond donors (Lipinski definition) is 1. The number of nitrogens with one attached hydrogen (secondary N) is 1. The first-order valence-electron chi connectivity index (χ1n) is 4.14. The minimum Gasteiger partial charge on any atom is -0.464 e. The Labute approximate surface area is 70.2 Å². The van der Waals surface area contributed by atoms with Gasteiger partial charge in [-0.2, -0.15) is 0 Å². The number of fused-ring (bicyclic) bond motifs is 1. The Morgan fingerprint density at radius 3 is 3.08 bits per heavy atom. The van der Waals surface area contributed by atoms with Crippen molar-refractivity contribution in [3.8, 4) is 0 Å². The zero-order chi connectivity index (χ0) is 7.97. The molecule has 0 spiro atoms. The maximum Gasteiger partial charge on any atom is 0.133 e. The van der Waals surface area contributed by atoms with Crippen LogP contribution in [-0.2, 0) is 0 Å². The predicted molar refractivity (Wildman–Crippen MR) is 47.0 cm³/mol. The van der Waals surface area contributed by atoms with Gasteiger partial charge in [-0.3, -0.25) is 0 Å². The van der Waals surface area contributed by atoms with Crippen molar-refractivity contribution >= 4 is 11.0 Å². The fourth-order valence-electron chi connectivity index (χ4n) is 1.50. The molecule has 1 aromatic carbocycles. The van der Waals surface area contributed by atoms with Gasteiger partial charge in [0.25, 0.3) is 0 Å². The summed E-state index contributed by atoms with van der Waals surface area (Å²) in [6.45, 7) is 1.11. The third-order valence-corrected chi connectivity index (χ3v) is 2.29. The molecule has 1 N–H and O–H groups in total. The average molecular weight is 159 g/mol. The first-order valence-corrected chi connectivity index (χ1v) is 4.14. The van der Waals surface area contributed by atoms with Crippen molar-refractivity contribution in [2.75, 3.05) is 6.54 Å². The van der Waals surface area contributed by atoms with Crippen LogP contribution in [0, 0.1) is 0 Å². The summed E-state index contributed by atoms with van der Waals surface area (Å²) < 4.78 is 5.25. The van der Waals surface area contributed by atoms with Crippen LogP contribution in [-0.4, -0.2) is 6.54 Å². The van der Waals surface area contributed by atoms with Crippen LogP contribution < -0.4 is 5.32 Å². The molecule has 0 amide bonds. The van der Waals surface area contributed by atoms with Gasteiger partial charge in [-0.1, -0.05) is 6.07 Å². The topological polar surface area (TPSA) is 35.1 Å². The van der Waals surface area contributed by atoms with Gasteiger partial charge in [0.15, 0.2) is 0 Å². The Morgan fingerprint density at radius 2 is 2.25 bits per heavy atom. The third kappa shape index (κ3) is 0.850. The summed E-state index contributed by atoms with van der Waals surface area (Å²) in [6.07, 6.45) is 1.73. The van der Waals surface area contributed by atoms with E-state index in [0.29, 0.717) is 6.04 Å². The summed E-state index contributed by atoms with van der Waals surface area (Å²) >= 11 is 0. The second-order valence-corrected chi connectivity index (χ2v) is 3.18. The first-order chi connectivity index (χ1) is 5.93. The molecule has 60 valence electrons. The molecule has 1 saturated heterocycles. The molecule has 0 bridgehead atoms. The molecule has 1 aromatic heterocycles. The van der Waals surface area contributed by atoms with Crippen molar-refractivity contribution in [2.45, 2.75) is 6.04 Å². The summed E-state index contributed by atoms with van der Waals surface area (Å²) in [4.78, 5) is 0. The van der Waals surface area contributed by atoms with E-state index < -0.39 is 0 Å². The highest BCUT2D eigenvalue weighted by atomic mass is 16.3. The maximum absolute atomic E-state index is 5.25. The van der Waals surface area contributed by atoms with E-state index in [1.54, 1.807) is 6.26 Å². The highest BCUT2D eigenvalue weighted by molar-refractivity contribution is 5.77. The van der Waals surface area contributed by atoms with Crippen molar-refractivity contribution in [3.63, 3.8) is 0 Å². The van der Waals surface area contributed by atoms with E-state index in [-0.39, 0.29) is 0 Å². The van der Waals surface area contributed by atoms with Crippen molar-refractivity contribution < 1.29 is 4.42 Å². The Hall–Kier alpha value is -1.28. The first kappa shape index (κ1) is 6.26. The molecule has 1 fully saturated rings. The number of hydrogen-bond acceptors (Lipinski definition) is 2. The van der Waals surface area contributed by atoms with E-state index in [9.17, 15) is 0 Å². The smallest absolute Gasteiger partial charge is 0.133 e. The molecule has 2 heterocycles. The van der Waals surface area contributed by atoms with Crippen LogP contribution in [0.2, 0.25) is 0 Å². The zero-order valence-corrected chi connectivity index (χ0v) is 6.58. The number of furan rings is 1. The second kappa shape index (κ2) is 2.11. The monoisotopic (exact) mass is 159 g/mol. The normalized spacial score (nSPS) is 21.5. The molecule has 0 saturated carbocycles. The molecular weight excluding hydrogens is 150 g/mol. The van der Waals surface area contributed by atoms with Gasteiger partial charge in [-0.25, -0.2) is 0 Å². The minimum atomic E-state index is 0.587. The van der Waals surface area contributed by atoms with Crippen molar-refractivity contribution in [2.24, 2.45) is 0 Å². The van der Waals surface area contributed by atoms with Crippen LogP contribution in [0.1, 0.15) is 11.6 Å². The summed E-state index contributed by atoms with van der Waals surface area (Å²) in [5.74, 6) is 0. The lowest BCUT2D eigenvalue weighted by Gasteiger charge is -1.94. The number of benzene rings is 1. The third-order valence-electron chi connectivity index (χ3n) is 2.29. The molecule has 2 nitrogen and oxygen atoms in total. The van der Waals surface area contributed by atoms with Crippen LogP contribution in [0.4, 0.5) is 0 Å². The van der Waals surface area contributed by atoms with Gasteiger partial charge in [0.05, 0.1) is 6.26 Å². The van der Waals surface area contributed by atoms with Gasteiger partial charge in [0.1, 0.15) is 5.58 Å². The summed E-state index contributed by atoms with van der Waals surface area (Å²) in [7, 11) is 0. The van der Waals surface area contributed by atoms with Gasteiger partial charge < -0.3 is 9.73 Å². The molecule has 2 heteroatoms. The Balaban J connectivity index is 2.21. The molecule has 1 aliphatic heterocycles. The van der Waals surface area contributed by atoms with E-state index in [2.05, 4.69) is 17.4 Å². The summed E-state index contributed by atoms with van der Waals surface area (Å²) in [5.41, 5.74) is 2.34. The molecule has 0 aliphatic carbocycles. The van der Waals surface area contributed by atoms with Crippen LogP contribution in [0.15, 0.2) is 34.9 Å². The van der Waals surface area contributed by atoms with E-state index in [1.165, 1.54) is 10.9 Å². The van der Waals surface area contributed by atoms with Gasteiger partial charge in [0.2, 0.25) is 0 Å². The minimum absolute atomic E-state index is 0.587. The molecule has 0 radical (unpaired) electrons. The predicted octanol–water partition coefficient (Wildman–Crippen LogP) is 2.08. The molecule has 1 aliphatic rings. The lowest BCUT2D eigenvalue weighted by atomic mass is 10.1. The van der Waals surface area contributed by atoms with Crippen molar-refractivity contribution in [3.05, 3.63) is 36.1 Å². The van der Waals surface area contributed by atoms with Crippen LogP contribution in [0.3, 0.4) is 0 Å². The van der Waals surface area contributed by atoms with Crippen LogP contribution in [0.25, 0.3) is 11.0 Å². The molecule has 2 aromatic rings. The zero-order valence-electron chi connectivity index (χ0n) is 6.58. The SMILES string of the molecule is c1cc2cc([C@H]3CN3)ccc2o1. The van der Waals surface area contributed by atoms with Gasteiger partial charge >= 0.3 is 0 Å². The van der Waals surface area contributed by atoms with E-state index >= 15 is 0 Å². The lowest BCUT2D eigenvalue weighted by Crippen LogP contribution is -1.81. The quantitative estimate of drug-likeness (QED) is 0.646. The standard InChI is InChI=1S/C10H9NO/c1-2-10-8(3-4-12-10)5-7(1)9-6-11-9/h1-5,9,11H,6H2/t9-/m1/s1. The van der Waals surface area contributed by atoms with E-state index in [0.717, 1.165) is 12.1 Å². The van der Waals surface area contributed by atoms with Gasteiger partial charge in [-0.05, 0) is 23.8 Å². The fourth-order valence-corrected chi connectivity index (χ4v) is 1.50. The fraction of sp³-hybridized carbons (Fsp3) is 0.200. The van der Waals surface area contributed by atoms with E-state index in [1.807, 2.05) is 12.1 Å².